The maximum Gasteiger partial charge on any atom is 0.250 e. The van der Waals surface area contributed by atoms with Crippen molar-refractivity contribution in [1.82, 2.24) is 0 Å². The number of methoxy groups -OCH3 is 3. The molecule has 0 bridgehead atoms. The Bertz CT molecular complexity index is 860. The van der Waals surface area contributed by atoms with E-state index in [1.807, 2.05) is 42.5 Å². The molecule has 29 heavy (non-hydrogen) atoms. The molecule has 2 rings (SSSR count). The summed E-state index contributed by atoms with van der Waals surface area (Å²) in [5.41, 5.74) is 8.77. The number of nitrogens with two attached hydrogens (primary N) is 1. The minimum atomic E-state index is -1.97. The number of hydrogen-bond acceptors (Lipinski definition) is 5. The summed E-state index contributed by atoms with van der Waals surface area (Å²) in [6.07, 6.45) is 4.00. The Kier molecular flexibility index (Phi) is 6.90. The Balaban J connectivity index is 2.35. The van der Waals surface area contributed by atoms with Crippen molar-refractivity contribution < 1.29 is 18.6 Å². The van der Waals surface area contributed by atoms with Gasteiger partial charge in [0, 0.05) is 0 Å². The van der Waals surface area contributed by atoms with E-state index in [-0.39, 0.29) is 5.04 Å². The fourth-order valence-corrected chi connectivity index (χ4v) is 3.59. The van der Waals surface area contributed by atoms with Crippen LogP contribution in [0.3, 0.4) is 0 Å². The van der Waals surface area contributed by atoms with Gasteiger partial charge in [0.25, 0.3) is 8.32 Å². The number of rotatable bonds is 7. The molecule has 0 aliphatic heterocycles. The zero-order valence-electron chi connectivity index (χ0n) is 18.8. The molecular formula is C23H33NO4Si. The van der Waals surface area contributed by atoms with Gasteiger partial charge in [-0.3, -0.25) is 0 Å². The van der Waals surface area contributed by atoms with Crippen LogP contribution in [0.15, 0.2) is 30.3 Å². The number of nitrogen functional groups attached to an aromatic ring is 1. The Morgan fingerprint density at radius 3 is 1.79 bits per heavy atom. The molecule has 0 fully saturated rings. The maximum atomic E-state index is 6.42. The zero-order valence-corrected chi connectivity index (χ0v) is 19.8. The molecule has 0 amide bonds. The van der Waals surface area contributed by atoms with Gasteiger partial charge in [-0.25, -0.2) is 0 Å². The van der Waals surface area contributed by atoms with E-state index in [1.165, 1.54) is 0 Å². The summed E-state index contributed by atoms with van der Waals surface area (Å²) in [5, 5.41) is 0.0987. The predicted octanol–water partition coefficient (Wildman–Crippen LogP) is 5.85. The number of anilines is 1. The second-order valence-electron chi connectivity index (χ2n) is 8.45. The molecule has 0 aliphatic rings. The topological polar surface area (TPSA) is 62.9 Å². The molecule has 0 saturated heterocycles. The molecule has 0 saturated carbocycles. The molecule has 0 aromatic heterocycles. The second kappa shape index (κ2) is 8.82. The smallest absolute Gasteiger partial charge is 0.250 e. The highest BCUT2D eigenvalue weighted by molar-refractivity contribution is 6.74. The summed E-state index contributed by atoms with van der Waals surface area (Å²) in [4.78, 5) is 0. The molecular weight excluding hydrogens is 382 g/mol. The molecule has 2 aromatic carbocycles. The van der Waals surface area contributed by atoms with Crippen LogP contribution in [0.2, 0.25) is 18.1 Å². The summed E-state index contributed by atoms with van der Waals surface area (Å²) in [6, 6.07) is 9.66. The molecule has 2 aromatic rings. The van der Waals surface area contributed by atoms with Gasteiger partial charge in [0.15, 0.2) is 11.5 Å². The maximum absolute atomic E-state index is 6.42. The first kappa shape index (κ1) is 22.7. The number of ether oxygens (including phenoxy) is 3. The lowest BCUT2D eigenvalue weighted by molar-refractivity contribution is 0.324. The molecule has 0 heterocycles. The molecule has 0 aliphatic carbocycles. The van der Waals surface area contributed by atoms with E-state index in [2.05, 4.69) is 33.9 Å². The monoisotopic (exact) mass is 415 g/mol. The van der Waals surface area contributed by atoms with Gasteiger partial charge in [0.2, 0.25) is 5.75 Å². The van der Waals surface area contributed by atoms with E-state index >= 15 is 0 Å². The SMILES string of the molecule is COc1cc(/C=C\c2ccc(N)c(O[Si](C)(C)C(C)(C)C)c2)cc(OC)c1OC. The highest BCUT2D eigenvalue weighted by Gasteiger charge is 2.39. The zero-order chi connectivity index (χ0) is 21.8. The highest BCUT2D eigenvalue weighted by Crippen LogP contribution is 2.40. The van der Waals surface area contributed by atoms with Crippen LogP contribution in [-0.2, 0) is 0 Å². The van der Waals surface area contributed by atoms with E-state index in [0.717, 1.165) is 16.9 Å². The van der Waals surface area contributed by atoms with Crippen molar-refractivity contribution in [3.8, 4) is 23.0 Å². The molecule has 0 unspecified atom stereocenters. The van der Waals surface area contributed by atoms with Gasteiger partial charge in [-0.05, 0) is 53.5 Å². The molecule has 0 atom stereocenters. The summed E-state index contributed by atoms with van der Waals surface area (Å²) < 4.78 is 22.6. The fraction of sp³-hybridized carbons (Fsp3) is 0.391. The van der Waals surface area contributed by atoms with Gasteiger partial charge in [0.1, 0.15) is 5.75 Å². The van der Waals surface area contributed by atoms with Crippen molar-refractivity contribution in [2.45, 2.75) is 38.9 Å². The fourth-order valence-electron chi connectivity index (χ4n) is 2.56. The third kappa shape index (κ3) is 5.26. The Morgan fingerprint density at radius 2 is 1.31 bits per heavy atom. The van der Waals surface area contributed by atoms with Gasteiger partial charge in [0.05, 0.1) is 27.0 Å². The van der Waals surface area contributed by atoms with E-state index in [9.17, 15) is 0 Å². The van der Waals surface area contributed by atoms with Gasteiger partial charge in [-0.2, -0.15) is 0 Å². The summed E-state index contributed by atoms with van der Waals surface area (Å²) >= 11 is 0. The summed E-state index contributed by atoms with van der Waals surface area (Å²) in [6.45, 7) is 11.1. The van der Waals surface area contributed by atoms with E-state index in [0.29, 0.717) is 22.9 Å². The Hall–Kier alpha value is -2.60. The lowest BCUT2D eigenvalue weighted by Crippen LogP contribution is -2.44. The van der Waals surface area contributed by atoms with Gasteiger partial charge in [-0.15, -0.1) is 0 Å². The van der Waals surface area contributed by atoms with Crippen molar-refractivity contribution in [3.63, 3.8) is 0 Å². The number of hydrogen-bond donors (Lipinski definition) is 1. The quantitative estimate of drug-likeness (QED) is 0.349. The summed E-state index contributed by atoms with van der Waals surface area (Å²) in [7, 11) is 2.83. The third-order valence-electron chi connectivity index (χ3n) is 5.36. The first-order valence-electron chi connectivity index (χ1n) is 9.59. The second-order valence-corrected chi connectivity index (χ2v) is 13.2. The lowest BCUT2D eigenvalue weighted by Gasteiger charge is -2.36. The first-order valence-corrected chi connectivity index (χ1v) is 12.5. The van der Waals surface area contributed by atoms with E-state index in [4.69, 9.17) is 24.4 Å². The average molecular weight is 416 g/mol. The average Bonchev–Trinajstić information content (AvgIpc) is 2.66. The van der Waals surface area contributed by atoms with Crippen LogP contribution in [0.1, 0.15) is 31.9 Å². The van der Waals surface area contributed by atoms with Crippen LogP contribution in [0.25, 0.3) is 12.2 Å². The van der Waals surface area contributed by atoms with Crippen molar-refractivity contribution >= 4 is 26.2 Å². The lowest BCUT2D eigenvalue weighted by atomic mass is 10.1. The van der Waals surface area contributed by atoms with Crippen LogP contribution < -0.4 is 24.4 Å². The van der Waals surface area contributed by atoms with E-state index < -0.39 is 8.32 Å². The van der Waals surface area contributed by atoms with Gasteiger partial charge >= 0.3 is 0 Å². The van der Waals surface area contributed by atoms with Crippen molar-refractivity contribution in [3.05, 3.63) is 41.5 Å². The minimum Gasteiger partial charge on any atom is -0.542 e. The standard InChI is InChI=1S/C23H33NO4Si/c1-23(2,3)29(7,8)28-19-13-16(11-12-18(19)24)9-10-17-14-20(25-4)22(27-6)21(15-17)26-5/h9-15H,24H2,1-8H3/b10-9-. The van der Waals surface area contributed by atoms with Crippen LogP contribution >= 0.6 is 0 Å². The first-order chi connectivity index (χ1) is 13.5. The van der Waals surface area contributed by atoms with Crippen LogP contribution in [0.5, 0.6) is 23.0 Å². The Morgan fingerprint density at radius 1 is 0.793 bits per heavy atom. The molecule has 0 spiro atoms. The van der Waals surface area contributed by atoms with Crippen molar-refractivity contribution in [1.29, 1.82) is 0 Å². The molecule has 158 valence electrons. The Labute approximate surface area is 175 Å². The van der Waals surface area contributed by atoms with Gasteiger partial charge < -0.3 is 24.4 Å². The normalized spacial score (nSPS) is 12.1. The largest absolute Gasteiger partial charge is 0.542 e. The predicted molar refractivity (Wildman–Crippen MR) is 124 cm³/mol. The summed E-state index contributed by atoms with van der Waals surface area (Å²) in [5.74, 6) is 2.55. The molecule has 6 heteroatoms. The van der Waals surface area contributed by atoms with Crippen molar-refractivity contribution in [2.75, 3.05) is 27.1 Å². The van der Waals surface area contributed by atoms with Gasteiger partial charge in [-0.1, -0.05) is 39.0 Å². The van der Waals surface area contributed by atoms with Crippen LogP contribution in [0, 0.1) is 0 Å². The van der Waals surface area contributed by atoms with E-state index in [1.54, 1.807) is 21.3 Å². The number of benzene rings is 2. The van der Waals surface area contributed by atoms with Crippen LogP contribution in [-0.4, -0.2) is 29.6 Å². The van der Waals surface area contributed by atoms with Crippen molar-refractivity contribution in [2.24, 2.45) is 0 Å². The van der Waals surface area contributed by atoms with Crippen LogP contribution in [0.4, 0.5) is 5.69 Å². The molecule has 0 radical (unpaired) electrons. The molecule has 2 N–H and O–H groups in total. The third-order valence-corrected chi connectivity index (χ3v) is 9.71. The highest BCUT2D eigenvalue weighted by atomic mass is 28.4. The molecule has 5 nitrogen and oxygen atoms in total. The minimum absolute atomic E-state index is 0.0987.